The van der Waals surface area contributed by atoms with Gasteiger partial charge in [0.15, 0.2) is 17.4 Å². The summed E-state index contributed by atoms with van der Waals surface area (Å²) in [5.41, 5.74) is 2.92. The number of benzene rings is 2. The standard InChI is InChI=1S/C34H32F2N4O3S/c1-19-30(32(41)37-21-11-12-24(35)25(36)16-21)40-15-7-3-6-10-26(40)31(19)44-39-29-22-13-14-33(22)23(29)18-34(33,42)28-17-27(43-38-28)20-8-4-2-5-9-20/h2,4-6,8-12,16-17,22-23,29,39,42H,3,7,13-15,18H2,1H3,(H,37,41). The van der Waals surface area contributed by atoms with E-state index in [2.05, 4.69) is 27.3 Å². The zero-order chi connectivity index (χ0) is 30.2. The van der Waals surface area contributed by atoms with E-state index in [0.717, 1.165) is 59.5 Å². The molecule has 0 bridgehead atoms. The second-order valence-electron chi connectivity index (χ2n) is 12.5. The Kier molecular flexibility index (Phi) is 6.41. The van der Waals surface area contributed by atoms with Crippen molar-refractivity contribution in [3.8, 4) is 11.3 Å². The molecule has 3 heterocycles. The van der Waals surface area contributed by atoms with E-state index in [1.54, 1.807) is 11.9 Å². The van der Waals surface area contributed by atoms with Crippen LogP contribution in [-0.4, -0.2) is 26.8 Å². The second-order valence-corrected chi connectivity index (χ2v) is 13.4. The van der Waals surface area contributed by atoms with Crippen LogP contribution in [0.2, 0.25) is 0 Å². The van der Waals surface area contributed by atoms with Crippen LogP contribution >= 0.6 is 11.9 Å². The Morgan fingerprint density at radius 3 is 2.73 bits per heavy atom. The summed E-state index contributed by atoms with van der Waals surface area (Å²) in [5.74, 6) is -1.01. The molecular weight excluding hydrogens is 582 g/mol. The summed E-state index contributed by atoms with van der Waals surface area (Å²) in [4.78, 5) is 14.5. The lowest BCUT2D eigenvalue weighted by Crippen LogP contribution is -2.84. The van der Waals surface area contributed by atoms with Gasteiger partial charge in [-0.05, 0) is 86.6 Å². The average Bonchev–Trinajstić information content (AvgIpc) is 3.51. The van der Waals surface area contributed by atoms with Crippen LogP contribution in [0.15, 0.2) is 70.1 Å². The van der Waals surface area contributed by atoms with Crippen LogP contribution < -0.4 is 10.0 Å². The van der Waals surface area contributed by atoms with Gasteiger partial charge >= 0.3 is 0 Å². The number of carbonyl (C=O) groups is 1. The number of hydrogen-bond acceptors (Lipinski definition) is 6. The number of aliphatic hydroxyl groups is 1. The molecular formula is C34H32F2N4O3S. The minimum atomic E-state index is -1.01. The van der Waals surface area contributed by atoms with Crippen molar-refractivity contribution in [1.29, 1.82) is 0 Å². The van der Waals surface area contributed by atoms with Gasteiger partial charge in [0.1, 0.15) is 17.0 Å². The molecule has 44 heavy (non-hydrogen) atoms. The summed E-state index contributed by atoms with van der Waals surface area (Å²) in [6, 6.07) is 15.3. The molecule has 4 aliphatic rings. The van der Waals surface area contributed by atoms with E-state index in [1.165, 1.54) is 6.07 Å². The highest BCUT2D eigenvalue weighted by molar-refractivity contribution is 7.97. The first-order valence-electron chi connectivity index (χ1n) is 15.2. The minimum Gasteiger partial charge on any atom is -0.383 e. The third-order valence-electron chi connectivity index (χ3n) is 10.5. The molecule has 2 aromatic carbocycles. The Labute approximate surface area is 257 Å². The van der Waals surface area contributed by atoms with E-state index < -0.39 is 17.2 Å². The van der Waals surface area contributed by atoms with Gasteiger partial charge in [0.25, 0.3) is 5.91 Å². The molecule has 0 radical (unpaired) electrons. The number of aromatic nitrogens is 2. The number of fused-ring (bicyclic) bond motifs is 1. The molecule has 4 aromatic rings. The predicted octanol–water partition coefficient (Wildman–Crippen LogP) is 7.07. The van der Waals surface area contributed by atoms with E-state index in [9.17, 15) is 18.7 Å². The van der Waals surface area contributed by atoms with E-state index in [1.807, 2.05) is 47.9 Å². The maximum Gasteiger partial charge on any atom is 0.272 e. The number of carbonyl (C=O) groups excluding carboxylic acids is 1. The molecule has 5 atom stereocenters. The van der Waals surface area contributed by atoms with Crippen LogP contribution in [0.1, 0.15) is 59.5 Å². The number of halogens is 2. The molecule has 10 heteroatoms. The summed E-state index contributed by atoms with van der Waals surface area (Å²) in [7, 11) is 0. The van der Waals surface area contributed by atoms with Crippen molar-refractivity contribution < 1.29 is 23.2 Å². The van der Waals surface area contributed by atoms with E-state index in [0.29, 0.717) is 41.9 Å². The van der Waals surface area contributed by atoms with Crippen molar-refractivity contribution >= 4 is 29.6 Å². The van der Waals surface area contributed by atoms with Crippen molar-refractivity contribution in [2.24, 2.45) is 17.3 Å². The molecule has 3 saturated carbocycles. The van der Waals surface area contributed by atoms with Crippen molar-refractivity contribution in [3.05, 3.63) is 95.0 Å². The van der Waals surface area contributed by atoms with Crippen LogP contribution in [0.3, 0.4) is 0 Å². The fraction of sp³-hybridized carbons (Fsp3) is 0.353. The first kappa shape index (κ1) is 27.8. The van der Waals surface area contributed by atoms with Gasteiger partial charge in [-0.2, -0.15) is 0 Å². The number of amides is 1. The van der Waals surface area contributed by atoms with Crippen LogP contribution in [0, 0.1) is 35.8 Å². The summed E-state index contributed by atoms with van der Waals surface area (Å²) >= 11 is 1.55. The number of hydrogen-bond donors (Lipinski definition) is 3. The van der Waals surface area contributed by atoms with Crippen molar-refractivity contribution in [2.45, 2.75) is 62.1 Å². The van der Waals surface area contributed by atoms with Crippen molar-refractivity contribution in [1.82, 2.24) is 14.4 Å². The zero-order valence-corrected chi connectivity index (χ0v) is 25.0. The highest BCUT2D eigenvalue weighted by atomic mass is 32.2. The summed E-state index contributed by atoms with van der Waals surface area (Å²) in [6.07, 6.45) is 8.63. The van der Waals surface area contributed by atoms with Crippen LogP contribution in [0.5, 0.6) is 0 Å². The first-order chi connectivity index (χ1) is 21.3. The molecule has 3 fully saturated rings. The van der Waals surface area contributed by atoms with E-state index in [-0.39, 0.29) is 23.1 Å². The first-order valence-corrected chi connectivity index (χ1v) is 16.0. The number of nitrogens with one attached hydrogen (secondary N) is 2. The zero-order valence-electron chi connectivity index (χ0n) is 24.1. The number of nitrogens with zero attached hydrogens (tertiary/aromatic N) is 2. The fourth-order valence-electron chi connectivity index (χ4n) is 8.31. The van der Waals surface area contributed by atoms with Gasteiger partial charge < -0.3 is 19.5 Å². The quantitative estimate of drug-likeness (QED) is 0.193. The third-order valence-corrected chi connectivity index (χ3v) is 11.7. The maximum absolute atomic E-state index is 13.8. The van der Waals surface area contributed by atoms with Gasteiger partial charge in [0.05, 0.1) is 10.6 Å². The molecule has 0 saturated heterocycles. The van der Waals surface area contributed by atoms with Gasteiger partial charge in [-0.1, -0.05) is 41.6 Å². The molecule has 3 aliphatic carbocycles. The average molecular weight is 615 g/mol. The molecule has 7 nitrogen and oxygen atoms in total. The van der Waals surface area contributed by atoms with Gasteiger partial charge in [0.2, 0.25) is 0 Å². The molecule has 1 aliphatic heterocycles. The maximum atomic E-state index is 13.8. The highest BCUT2D eigenvalue weighted by Crippen LogP contribution is 2.81. The molecule has 2 aromatic heterocycles. The number of anilines is 1. The Morgan fingerprint density at radius 2 is 1.98 bits per heavy atom. The summed E-state index contributed by atoms with van der Waals surface area (Å²) < 4.78 is 38.7. The van der Waals surface area contributed by atoms with Crippen LogP contribution in [-0.2, 0) is 12.1 Å². The molecule has 3 N–H and O–H groups in total. The number of rotatable bonds is 7. The van der Waals surface area contributed by atoms with Gasteiger partial charge in [0, 0.05) is 41.4 Å². The van der Waals surface area contributed by atoms with Crippen LogP contribution in [0.25, 0.3) is 17.4 Å². The van der Waals surface area contributed by atoms with Gasteiger partial charge in [-0.25, -0.2) is 8.78 Å². The Hall–Kier alpha value is -3.73. The van der Waals surface area contributed by atoms with Gasteiger partial charge in [-0.15, -0.1) is 0 Å². The predicted molar refractivity (Wildman–Crippen MR) is 164 cm³/mol. The smallest absolute Gasteiger partial charge is 0.272 e. The monoisotopic (exact) mass is 614 g/mol. The van der Waals surface area contributed by atoms with E-state index >= 15 is 0 Å². The minimum absolute atomic E-state index is 0.182. The molecule has 1 amide bonds. The summed E-state index contributed by atoms with van der Waals surface area (Å²) in [6.45, 7) is 2.61. The number of allylic oxidation sites excluding steroid dienone is 1. The summed E-state index contributed by atoms with van der Waals surface area (Å²) in [5, 5.41) is 19.0. The molecule has 5 unspecified atom stereocenters. The van der Waals surface area contributed by atoms with Crippen LogP contribution in [0.4, 0.5) is 14.5 Å². The lowest BCUT2D eigenvalue weighted by molar-refractivity contribution is -0.367. The van der Waals surface area contributed by atoms with Gasteiger partial charge in [-0.3, -0.25) is 9.52 Å². The second kappa shape index (κ2) is 10.2. The van der Waals surface area contributed by atoms with E-state index in [4.69, 9.17) is 4.52 Å². The largest absolute Gasteiger partial charge is 0.383 e. The Balaban J connectivity index is 1.01. The Morgan fingerprint density at radius 1 is 1.14 bits per heavy atom. The lowest BCUT2D eigenvalue weighted by atomic mass is 9.26. The lowest BCUT2D eigenvalue weighted by Gasteiger charge is -2.80. The SMILES string of the molecule is Cc1c(SNC2C3CCC34C2CC4(O)c2cc(-c3ccccc3)on2)c2n(c1C(=O)Nc1ccc(F)c(F)c1)CCCC=C2. The third kappa shape index (κ3) is 3.87. The molecule has 1 spiro atoms. The Bertz CT molecular complexity index is 1810. The topological polar surface area (TPSA) is 92.3 Å². The molecule has 8 rings (SSSR count). The van der Waals surface area contributed by atoms with Crippen molar-refractivity contribution in [3.63, 3.8) is 0 Å². The van der Waals surface area contributed by atoms with Crippen molar-refractivity contribution in [2.75, 3.05) is 5.32 Å². The fourth-order valence-corrected chi connectivity index (χ4v) is 9.42. The highest BCUT2D eigenvalue weighted by Gasteiger charge is 2.82. The normalized spacial score (nSPS) is 28.0. The molecule has 226 valence electrons.